The molecule has 1 aromatic carbocycles. The molecular formula is C14H10O2S. The molecule has 0 amide bonds. The smallest absolute Gasteiger partial charge is 0.202 e. The SMILES string of the molecule is O=C(Cc1csc2ccccc12)c1ccco1. The van der Waals surface area contributed by atoms with Gasteiger partial charge in [0, 0.05) is 11.1 Å². The Morgan fingerprint density at radius 1 is 1.18 bits per heavy atom. The summed E-state index contributed by atoms with van der Waals surface area (Å²) in [6.45, 7) is 0. The molecule has 0 atom stereocenters. The lowest BCUT2D eigenvalue weighted by atomic mass is 10.1. The number of rotatable bonds is 3. The number of thiophene rings is 1. The third kappa shape index (κ3) is 1.89. The first-order valence-corrected chi connectivity index (χ1v) is 6.24. The number of carbonyl (C=O) groups is 1. The number of fused-ring (bicyclic) bond motifs is 1. The van der Waals surface area contributed by atoms with Crippen LogP contribution in [0.25, 0.3) is 10.1 Å². The summed E-state index contributed by atoms with van der Waals surface area (Å²) in [6.07, 6.45) is 1.93. The quantitative estimate of drug-likeness (QED) is 0.652. The highest BCUT2D eigenvalue weighted by molar-refractivity contribution is 7.17. The average Bonchev–Trinajstić information content (AvgIpc) is 2.98. The Hall–Kier alpha value is -1.87. The van der Waals surface area contributed by atoms with Crippen LogP contribution in [0.4, 0.5) is 0 Å². The average molecular weight is 242 g/mol. The van der Waals surface area contributed by atoms with Gasteiger partial charge in [0.15, 0.2) is 5.76 Å². The number of hydrogen-bond donors (Lipinski definition) is 0. The van der Waals surface area contributed by atoms with Crippen LogP contribution < -0.4 is 0 Å². The van der Waals surface area contributed by atoms with Crippen LogP contribution in [0.1, 0.15) is 16.1 Å². The van der Waals surface area contributed by atoms with E-state index in [0.717, 1.165) is 10.9 Å². The van der Waals surface area contributed by atoms with Crippen LogP contribution in [0.15, 0.2) is 52.5 Å². The van der Waals surface area contributed by atoms with Crippen molar-refractivity contribution >= 4 is 27.2 Å². The van der Waals surface area contributed by atoms with Crippen LogP contribution in [0.2, 0.25) is 0 Å². The van der Waals surface area contributed by atoms with Crippen molar-refractivity contribution in [2.75, 3.05) is 0 Å². The Morgan fingerprint density at radius 2 is 2.06 bits per heavy atom. The maximum absolute atomic E-state index is 11.9. The number of benzene rings is 1. The zero-order valence-corrected chi connectivity index (χ0v) is 9.87. The molecule has 3 heteroatoms. The maximum Gasteiger partial charge on any atom is 0.202 e. The van der Waals surface area contributed by atoms with Crippen LogP contribution in [0.5, 0.6) is 0 Å². The monoisotopic (exact) mass is 242 g/mol. The van der Waals surface area contributed by atoms with Crippen molar-refractivity contribution in [1.29, 1.82) is 0 Å². The number of carbonyl (C=O) groups excluding carboxylic acids is 1. The van der Waals surface area contributed by atoms with Crippen molar-refractivity contribution < 1.29 is 9.21 Å². The maximum atomic E-state index is 11.9. The zero-order valence-electron chi connectivity index (χ0n) is 9.05. The molecule has 0 saturated heterocycles. The lowest BCUT2D eigenvalue weighted by Crippen LogP contribution is -2.01. The summed E-state index contributed by atoms with van der Waals surface area (Å²) in [6, 6.07) is 11.6. The summed E-state index contributed by atoms with van der Waals surface area (Å²) in [5, 5.41) is 3.21. The second kappa shape index (κ2) is 4.18. The van der Waals surface area contributed by atoms with Gasteiger partial charge >= 0.3 is 0 Å². The molecule has 0 fully saturated rings. The van der Waals surface area contributed by atoms with Crippen LogP contribution in [-0.2, 0) is 6.42 Å². The fourth-order valence-electron chi connectivity index (χ4n) is 1.87. The predicted molar refractivity (Wildman–Crippen MR) is 68.6 cm³/mol. The zero-order chi connectivity index (χ0) is 11.7. The van der Waals surface area contributed by atoms with E-state index in [1.165, 1.54) is 11.0 Å². The highest BCUT2D eigenvalue weighted by Crippen LogP contribution is 2.26. The molecule has 0 aliphatic rings. The minimum Gasteiger partial charge on any atom is -0.461 e. The van der Waals surface area contributed by atoms with Gasteiger partial charge in [-0.25, -0.2) is 0 Å². The van der Waals surface area contributed by atoms with Gasteiger partial charge < -0.3 is 4.42 Å². The highest BCUT2D eigenvalue weighted by Gasteiger charge is 2.12. The molecule has 2 aromatic heterocycles. The second-order valence-corrected chi connectivity index (χ2v) is 4.75. The van der Waals surface area contributed by atoms with Crippen molar-refractivity contribution in [2.45, 2.75) is 6.42 Å². The first-order valence-electron chi connectivity index (χ1n) is 5.36. The van der Waals surface area contributed by atoms with Gasteiger partial charge in [-0.1, -0.05) is 18.2 Å². The normalized spacial score (nSPS) is 10.8. The van der Waals surface area contributed by atoms with E-state index in [2.05, 4.69) is 12.1 Å². The van der Waals surface area contributed by atoms with Gasteiger partial charge in [-0.05, 0) is 34.5 Å². The van der Waals surface area contributed by atoms with E-state index in [1.54, 1.807) is 23.5 Å². The fraction of sp³-hybridized carbons (Fsp3) is 0.0714. The van der Waals surface area contributed by atoms with E-state index in [0.29, 0.717) is 12.2 Å². The number of Topliss-reactive ketones (excluding diaryl/α,β-unsaturated/α-hetero) is 1. The summed E-state index contributed by atoms with van der Waals surface area (Å²) < 4.78 is 6.33. The van der Waals surface area contributed by atoms with Crippen molar-refractivity contribution in [3.05, 3.63) is 59.4 Å². The van der Waals surface area contributed by atoms with Gasteiger partial charge in [0.2, 0.25) is 5.78 Å². The Labute approximate surface area is 102 Å². The molecule has 0 spiro atoms. The molecule has 2 heterocycles. The minimum absolute atomic E-state index is 0.0264. The molecule has 17 heavy (non-hydrogen) atoms. The van der Waals surface area contributed by atoms with E-state index in [4.69, 9.17) is 4.42 Å². The molecule has 0 aliphatic heterocycles. The van der Waals surface area contributed by atoms with Crippen molar-refractivity contribution in [2.24, 2.45) is 0 Å². The summed E-state index contributed by atoms with van der Waals surface area (Å²) in [5.41, 5.74) is 1.08. The van der Waals surface area contributed by atoms with Crippen LogP contribution >= 0.6 is 11.3 Å². The molecule has 0 radical (unpaired) electrons. The van der Waals surface area contributed by atoms with Crippen LogP contribution in [0.3, 0.4) is 0 Å². The Morgan fingerprint density at radius 3 is 2.88 bits per heavy atom. The Kier molecular flexibility index (Phi) is 2.53. The van der Waals surface area contributed by atoms with Crippen LogP contribution in [0, 0.1) is 0 Å². The van der Waals surface area contributed by atoms with E-state index in [-0.39, 0.29) is 5.78 Å². The molecule has 0 saturated carbocycles. The summed E-state index contributed by atoms with van der Waals surface area (Å²) in [5.74, 6) is 0.457. The predicted octanol–water partition coefficient (Wildman–Crippen LogP) is 3.92. The van der Waals surface area contributed by atoms with Crippen LogP contribution in [-0.4, -0.2) is 5.78 Å². The van der Waals surface area contributed by atoms with E-state index in [1.807, 2.05) is 17.5 Å². The molecular weight excluding hydrogens is 232 g/mol. The Balaban J connectivity index is 1.93. The van der Waals surface area contributed by atoms with Gasteiger partial charge in [0.25, 0.3) is 0 Å². The molecule has 3 aromatic rings. The van der Waals surface area contributed by atoms with Gasteiger partial charge in [-0.3, -0.25) is 4.79 Å². The number of hydrogen-bond acceptors (Lipinski definition) is 3. The standard InChI is InChI=1S/C14H10O2S/c15-12(13-5-3-7-16-13)8-10-9-17-14-6-2-1-4-11(10)14/h1-7,9H,8H2. The molecule has 2 nitrogen and oxygen atoms in total. The topological polar surface area (TPSA) is 30.2 Å². The summed E-state index contributed by atoms with van der Waals surface area (Å²) in [7, 11) is 0. The van der Waals surface area contributed by atoms with Gasteiger partial charge in [-0.2, -0.15) is 0 Å². The van der Waals surface area contributed by atoms with Crippen molar-refractivity contribution in [3.63, 3.8) is 0 Å². The first-order chi connectivity index (χ1) is 8.34. The molecule has 84 valence electrons. The van der Waals surface area contributed by atoms with Gasteiger partial charge in [0.05, 0.1) is 6.26 Å². The molecule has 0 unspecified atom stereocenters. The molecule has 0 aliphatic carbocycles. The van der Waals surface area contributed by atoms with Crippen molar-refractivity contribution in [1.82, 2.24) is 0 Å². The van der Waals surface area contributed by atoms with Crippen molar-refractivity contribution in [3.8, 4) is 0 Å². The molecule has 3 rings (SSSR count). The minimum atomic E-state index is 0.0264. The molecule has 0 bridgehead atoms. The van der Waals surface area contributed by atoms with E-state index >= 15 is 0 Å². The summed E-state index contributed by atoms with van der Waals surface area (Å²) >= 11 is 1.67. The second-order valence-electron chi connectivity index (χ2n) is 3.83. The van der Waals surface area contributed by atoms with Gasteiger partial charge in [-0.15, -0.1) is 11.3 Å². The first kappa shape index (κ1) is 10.3. The lowest BCUT2D eigenvalue weighted by molar-refractivity contribution is 0.0967. The fourth-order valence-corrected chi connectivity index (χ4v) is 2.83. The summed E-state index contributed by atoms with van der Waals surface area (Å²) in [4.78, 5) is 11.9. The lowest BCUT2D eigenvalue weighted by Gasteiger charge is -1.97. The number of ketones is 1. The third-order valence-corrected chi connectivity index (χ3v) is 3.72. The van der Waals surface area contributed by atoms with E-state index in [9.17, 15) is 4.79 Å². The highest BCUT2D eigenvalue weighted by atomic mass is 32.1. The molecule has 0 N–H and O–H groups in total. The third-order valence-electron chi connectivity index (χ3n) is 2.71. The van der Waals surface area contributed by atoms with Gasteiger partial charge in [0.1, 0.15) is 0 Å². The largest absolute Gasteiger partial charge is 0.461 e. The number of furan rings is 1. The van der Waals surface area contributed by atoms with E-state index < -0.39 is 0 Å². The Bertz CT molecular complexity index is 650.